The molecular weight excluding hydrogens is 410 g/mol. The normalized spacial score (nSPS) is 11.7. The Balaban J connectivity index is 2.71. The van der Waals surface area contributed by atoms with Gasteiger partial charge in [-0.25, -0.2) is 0 Å². The smallest absolute Gasteiger partial charge is 0.304 e. The Morgan fingerprint density at radius 1 is 1.06 bits per heavy atom. The number of ether oxygens (including phenoxy) is 1. The average molecular weight is 442 g/mol. The van der Waals surface area contributed by atoms with Gasteiger partial charge in [0.15, 0.2) is 6.10 Å². The molecule has 0 heterocycles. The zero-order valence-electron chi connectivity index (χ0n) is 18.5. The summed E-state index contributed by atoms with van der Waals surface area (Å²) in [7, 11) is 0. The van der Waals surface area contributed by atoms with E-state index >= 15 is 0 Å². The lowest BCUT2D eigenvalue weighted by atomic mass is 10.0. The van der Waals surface area contributed by atoms with E-state index in [0.29, 0.717) is 10.6 Å². The summed E-state index contributed by atoms with van der Waals surface area (Å²) in [4.78, 5) is 23.6. The maximum atomic E-state index is 12.6. The highest BCUT2D eigenvalue weighted by Crippen LogP contribution is 2.12. The van der Waals surface area contributed by atoms with Crippen molar-refractivity contribution in [3.05, 3.63) is 47.5 Å². The van der Waals surface area contributed by atoms with Crippen LogP contribution in [0.2, 0.25) is 5.02 Å². The molecule has 0 fully saturated rings. The van der Waals surface area contributed by atoms with E-state index in [0.717, 1.165) is 19.3 Å². The number of carbonyl (C=O) groups is 2. The molecule has 1 amide bonds. The minimum absolute atomic E-state index is 0.198. The monoisotopic (exact) mass is 441 g/mol. The molecule has 4 nitrogen and oxygen atoms in total. The van der Waals surface area contributed by atoms with Crippen LogP contribution < -0.4 is 5.32 Å². The molecule has 166 valence electrons. The van der Waals surface area contributed by atoms with Crippen LogP contribution in [0.3, 0.4) is 0 Å². The van der Waals surface area contributed by atoms with Gasteiger partial charge in [-0.15, -0.1) is 0 Å². The first-order valence-electron chi connectivity index (χ1n) is 10.8. The summed E-state index contributed by atoms with van der Waals surface area (Å²) in [6.45, 7) is 7.11. The van der Waals surface area contributed by atoms with Crippen LogP contribution in [0, 0.1) is 23.7 Å². The van der Waals surface area contributed by atoms with Gasteiger partial charge in [-0.05, 0) is 54.5 Å². The van der Waals surface area contributed by atoms with Gasteiger partial charge in [0.1, 0.15) is 0 Å². The molecule has 0 aliphatic rings. The first kappa shape index (κ1) is 26.3. The van der Waals surface area contributed by atoms with Crippen molar-refractivity contribution in [2.24, 2.45) is 0 Å². The predicted octanol–water partition coefficient (Wildman–Crippen LogP) is 5.70. The number of halogens is 1. The summed E-state index contributed by atoms with van der Waals surface area (Å²) < 4.78 is 4.98. The zero-order chi connectivity index (χ0) is 22.9. The standard InChI is InChI=1S/C26H32ClNO3/c1-4-6-7-8-9-10-11-14-24(15-12-13-16-25(5-2)31-21(3)29)28-26(30)22-17-19-23(27)20-18-22/h5,17-20,24-25H,2,4,6-11,14H2,1,3H3,(H,28,30)/t24-,25-/m0/s1. The first-order chi connectivity index (χ1) is 15.0. The number of amides is 1. The van der Waals surface area contributed by atoms with E-state index in [1.807, 2.05) is 0 Å². The van der Waals surface area contributed by atoms with Gasteiger partial charge in [0, 0.05) is 17.5 Å². The van der Waals surface area contributed by atoms with E-state index in [9.17, 15) is 9.59 Å². The van der Waals surface area contributed by atoms with Gasteiger partial charge in [0.2, 0.25) is 0 Å². The van der Waals surface area contributed by atoms with Crippen LogP contribution in [0.4, 0.5) is 0 Å². The largest absolute Gasteiger partial charge is 0.445 e. The van der Waals surface area contributed by atoms with E-state index in [1.165, 1.54) is 45.1 Å². The van der Waals surface area contributed by atoms with Crippen LogP contribution in [0.5, 0.6) is 0 Å². The van der Waals surface area contributed by atoms with E-state index in [-0.39, 0.29) is 11.9 Å². The Kier molecular flexibility index (Phi) is 13.6. The second-order valence-corrected chi connectivity index (χ2v) is 7.68. The fraction of sp³-hybridized carbons (Fsp3) is 0.462. The van der Waals surface area contributed by atoms with Crippen molar-refractivity contribution in [3.8, 4) is 23.7 Å². The lowest BCUT2D eigenvalue weighted by Gasteiger charge is -2.13. The summed E-state index contributed by atoms with van der Waals surface area (Å²) in [5.74, 6) is 10.6. The maximum Gasteiger partial charge on any atom is 0.304 e. The van der Waals surface area contributed by atoms with Crippen LogP contribution in [0.15, 0.2) is 36.9 Å². The summed E-state index contributed by atoms with van der Waals surface area (Å²) in [6, 6.07) is 6.42. The second kappa shape index (κ2) is 16.1. The predicted molar refractivity (Wildman–Crippen MR) is 127 cm³/mol. The molecule has 0 saturated carbocycles. The van der Waals surface area contributed by atoms with E-state index < -0.39 is 12.1 Å². The Morgan fingerprint density at radius 2 is 1.68 bits per heavy atom. The van der Waals surface area contributed by atoms with Crippen molar-refractivity contribution >= 4 is 23.5 Å². The van der Waals surface area contributed by atoms with Crippen LogP contribution in [-0.4, -0.2) is 24.0 Å². The molecule has 0 radical (unpaired) electrons. The lowest BCUT2D eigenvalue weighted by molar-refractivity contribution is -0.142. The first-order valence-corrected chi connectivity index (χ1v) is 11.2. The number of unbranched alkanes of at least 4 members (excludes halogenated alkanes) is 6. The van der Waals surface area contributed by atoms with Crippen LogP contribution >= 0.6 is 11.6 Å². The number of nitrogens with one attached hydrogen (secondary N) is 1. The highest BCUT2D eigenvalue weighted by atomic mass is 35.5. The van der Waals surface area contributed by atoms with E-state index in [1.54, 1.807) is 24.3 Å². The van der Waals surface area contributed by atoms with Gasteiger partial charge in [0.05, 0.1) is 6.04 Å². The zero-order valence-corrected chi connectivity index (χ0v) is 19.3. The number of carbonyl (C=O) groups excluding carboxylic acids is 2. The van der Waals surface area contributed by atoms with Gasteiger partial charge in [-0.3, -0.25) is 9.59 Å². The van der Waals surface area contributed by atoms with E-state index in [4.69, 9.17) is 16.3 Å². The Morgan fingerprint density at radius 3 is 2.29 bits per heavy atom. The molecule has 1 aromatic carbocycles. The average Bonchev–Trinajstić information content (AvgIpc) is 2.74. The Labute approximate surface area is 191 Å². The summed E-state index contributed by atoms with van der Waals surface area (Å²) in [5.41, 5.74) is 0.531. The topological polar surface area (TPSA) is 55.4 Å². The van der Waals surface area contributed by atoms with Gasteiger partial charge < -0.3 is 10.1 Å². The third-order valence-corrected chi connectivity index (χ3v) is 4.79. The van der Waals surface area contributed by atoms with E-state index in [2.05, 4.69) is 42.5 Å². The van der Waals surface area contributed by atoms with Crippen LogP contribution in [-0.2, 0) is 9.53 Å². The number of hydrogen-bond donors (Lipinski definition) is 1. The number of rotatable bonds is 12. The maximum absolute atomic E-state index is 12.6. The Hall–Kier alpha value is -2.69. The quantitative estimate of drug-likeness (QED) is 0.196. The number of esters is 1. The Bertz CT molecular complexity index is 824. The summed E-state index contributed by atoms with van der Waals surface area (Å²) >= 11 is 5.90. The molecule has 0 spiro atoms. The minimum atomic E-state index is -0.697. The molecule has 0 unspecified atom stereocenters. The third-order valence-electron chi connectivity index (χ3n) is 4.54. The molecule has 0 saturated heterocycles. The fourth-order valence-corrected chi connectivity index (χ4v) is 3.00. The van der Waals surface area contributed by atoms with Crippen LogP contribution in [0.25, 0.3) is 0 Å². The third kappa shape index (κ3) is 12.6. The second-order valence-electron chi connectivity index (χ2n) is 7.25. The molecule has 1 rings (SSSR count). The summed E-state index contributed by atoms with van der Waals surface area (Å²) in [6.07, 6.45) is 9.79. The minimum Gasteiger partial charge on any atom is -0.445 e. The van der Waals surface area contributed by atoms with Gasteiger partial charge in [0.25, 0.3) is 5.91 Å². The fourth-order valence-electron chi connectivity index (χ4n) is 2.87. The number of benzene rings is 1. The van der Waals surface area contributed by atoms with Crippen LogP contribution in [0.1, 0.15) is 75.6 Å². The van der Waals surface area contributed by atoms with Gasteiger partial charge >= 0.3 is 5.97 Å². The van der Waals surface area contributed by atoms with Gasteiger partial charge in [-0.1, -0.05) is 76.0 Å². The SMILES string of the molecule is C=C[C@@H](C#CC#C[C@H](CCCCCCCCC)NC(=O)c1ccc(Cl)cc1)OC(C)=O. The lowest BCUT2D eigenvalue weighted by Crippen LogP contribution is -2.33. The van der Waals surface area contributed by atoms with Crippen molar-refractivity contribution in [2.45, 2.75) is 77.4 Å². The molecule has 1 aromatic rings. The molecule has 5 heteroatoms. The molecule has 2 atom stereocenters. The van der Waals surface area contributed by atoms with Crippen molar-refractivity contribution in [1.82, 2.24) is 5.32 Å². The molecule has 0 aliphatic heterocycles. The molecule has 0 aromatic heterocycles. The van der Waals surface area contributed by atoms with Crippen molar-refractivity contribution in [2.75, 3.05) is 0 Å². The van der Waals surface area contributed by atoms with Crippen molar-refractivity contribution < 1.29 is 14.3 Å². The summed E-state index contributed by atoms with van der Waals surface area (Å²) in [5, 5.41) is 3.55. The highest BCUT2D eigenvalue weighted by molar-refractivity contribution is 6.30. The molecule has 0 bridgehead atoms. The number of hydrogen-bond acceptors (Lipinski definition) is 3. The molecular formula is C26H32ClNO3. The highest BCUT2D eigenvalue weighted by Gasteiger charge is 2.11. The molecule has 31 heavy (non-hydrogen) atoms. The van der Waals surface area contributed by atoms with Crippen molar-refractivity contribution in [1.29, 1.82) is 0 Å². The van der Waals surface area contributed by atoms with Crippen molar-refractivity contribution in [3.63, 3.8) is 0 Å². The molecule has 0 aliphatic carbocycles. The van der Waals surface area contributed by atoms with Gasteiger partial charge in [-0.2, -0.15) is 0 Å². The molecule has 1 N–H and O–H groups in total.